The monoisotopic (exact) mass is 337 g/mol. The molecule has 0 radical (unpaired) electrons. The molecule has 0 atom stereocenters. The average molecular weight is 338 g/mol. The molecule has 1 aromatic rings. The van der Waals surface area contributed by atoms with Crippen molar-refractivity contribution in [1.82, 2.24) is 10.2 Å². The van der Waals surface area contributed by atoms with E-state index in [1.165, 1.54) is 0 Å². The minimum Gasteiger partial charge on any atom is -0.338 e. The van der Waals surface area contributed by atoms with Gasteiger partial charge >= 0.3 is 6.03 Å². The molecule has 0 bridgehead atoms. The number of nitrogens with one attached hydrogen (secondary N) is 2. The fourth-order valence-electron chi connectivity index (χ4n) is 2.52. The van der Waals surface area contributed by atoms with Gasteiger partial charge in [0.15, 0.2) is 0 Å². The molecule has 1 aliphatic heterocycles. The molecule has 0 saturated carbocycles. The number of amides is 3. The van der Waals surface area contributed by atoms with Crippen molar-refractivity contribution in [3.8, 4) is 0 Å². The number of hydrogen-bond acceptors (Lipinski definition) is 2. The number of piperidine rings is 1. The van der Waals surface area contributed by atoms with Crippen LogP contribution in [0.3, 0.4) is 0 Å². The lowest BCUT2D eigenvalue weighted by Crippen LogP contribution is -2.44. The zero-order valence-electron chi connectivity index (χ0n) is 13.5. The van der Waals surface area contributed by atoms with Gasteiger partial charge in [0.25, 0.3) is 0 Å². The average Bonchev–Trinajstić information content (AvgIpc) is 2.54. The quantitative estimate of drug-likeness (QED) is 0.808. The second-order valence-corrected chi connectivity index (χ2v) is 6.50. The maximum atomic E-state index is 12.0. The molecular formula is C17H24ClN3O2. The standard InChI is InChI=1S/C17H24ClN3O2/c1-13-8-11-21(12-9-13)17(23)19-10-2-3-16(22)20-15-6-4-14(18)5-7-15/h4-7,13H,2-3,8-12H2,1H3,(H,19,23)(H,20,22). The summed E-state index contributed by atoms with van der Waals surface area (Å²) in [6.45, 7) is 4.38. The summed E-state index contributed by atoms with van der Waals surface area (Å²) < 4.78 is 0. The van der Waals surface area contributed by atoms with Gasteiger partial charge in [-0.15, -0.1) is 0 Å². The molecule has 1 heterocycles. The first-order valence-corrected chi connectivity index (χ1v) is 8.50. The van der Waals surface area contributed by atoms with E-state index in [2.05, 4.69) is 17.6 Å². The third kappa shape index (κ3) is 6.10. The van der Waals surface area contributed by atoms with Gasteiger partial charge in [-0.1, -0.05) is 18.5 Å². The van der Waals surface area contributed by atoms with Gasteiger partial charge in [-0.3, -0.25) is 4.79 Å². The molecule has 1 aliphatic rings. The second kappa shape index (κ2) is 8.77. The Labute approximate surface area is 142 Å². The number of halogens is 1. The highest BCUT2D eigenvalue weighted by Crippen LogP contribution is 2.16. The fourth-order valence-corrected chi connectivity index (χ4v) is 2.65. The lowest BCUT2D eigenvalue weighted by molar-refractivity contribution is -0.116. The molecule has 23 heavy (non-hydrogen) atoms. The Morgan fingerprint density at radius 2 is 1.87 bits per heavy atom. The number of likely N-dealkylation sites (tertiary alicyclic amines) is 1. The summed E-state index contributed by atoms with van der Waals surface area (Å²) >= 11 is 5.80. The van der Waals surface area contributed by atoms with Crippen LogP contribution in [0.15, 0.2) is 24.3 Å². The van der Waals surface area contributed by atoms with Crippen molar-refractivity contribution in [1.29, 1.82) is 0 Å². The first-order chi connectivity index (χ1) is 11.0. The molecule has 1 aromatic carbocycles. The predicted molar refractivity (Wildman–Crippen MR) is 92.7 cm³/mol. The molecule has 0 aliphatic carbocycles. The van der Waals surface area contributed by atoms with Crippen molar-refractivity contribution in [3.05, 3.63) is 29.3 Å². The summed E-state index contributed by atoms with van der Waals surface area (Å²) in [6, 6.07) is 6.97. The van der Waals surface area contributed by atoms with Crippen LogP contribution >= 0.6 is 11.6 Å². The van der Waals surface area contributed by atoms with E-state index in [4.69, 9.17) is 11.6 Å². The third-order valence-corrected chi connectivity index (χ3v) is 4.31. The van der Waals surface area contributed by atoms with Crippen molar-refractivity contribution < 1.29 is 9.59 Å². The van der Waals surface area contributed by atoms with E-state index in [0.29, 0.717) is 30.3 Å². The maximum Gasteiger partial charge on any atom is 0.317 e. The summed E-state index contributed by atoms with van der Waals surface area (Å²) in [5.41, 5.74) is 0.728. The van der Waals surface area contributed by atoms with Crippen LogP contribution in [-0.4, -0.2) is 36.5 Å². The van der Waals surface area contributed by atoms with E-state index in [-0.39, 0.29) is 11.9 Å². The minimum absolute atomic E-state index is 0.0185. The lowest BCUT2D eigenvalue weighted by atomic mass is 10.00. The summed E-state index contributed by atoms with van der Waals surface area (Å²) in [4.78, 5) is 25.6. The maximum absolute atomic E-state index is 12.0. The summed E-state index contributed by atoms with van der Waals surface area (Å²) in [5.74, 6) is 0.643. The predicted octanol–water partition coefficient (Wildman–Crippen LogP) is 3.50. The Morgan fingerprint density at radius 3 is 2.52 bits per heavy atom. The van der Waals surface area contributed by atoms with Gasteiger partial charge < -0.3 is 15.5 Å². The number of nitrogens with zero attached hydrogens (tertiary/aromatic N) is 1. The Balaban J connectivity index is 1.60. The van der Waals surface area contributed by atoms with E-state index in [1.807, 2.05) is 4.90 Å². The molecule has 3 amide bonds. The lowest BCUT2D eigenvalue weighted by Gasteiger charge is -2.30. The highest BCUT2D eigenvalue weighted by atomic mass is 35.5. The molecule has 1 fully saturated rings. The van der Waals surface area contributed by atoms with Gasteiger partial charge in [0, 0.05) is 36.8 Å². The number of rotatable bonds is 5. The van der Waals surface area contributed by atoms with Gasteiger partial charge in [-0.2, -0.15) is 0 Å². The molecule has 1 saturated heterocycles. The fraction of sp³-hybridized carbons (Fsp3) is 0.529. The molecule has 5 nitrogen and oxygen atoms in total. The molecule has 0 aromatic heterocycles. The van der Waals surface area contributed by atoms with Gasteiger partial charge in [0.05, 0.1) is 0 Å². The van der Waals surface area contributed by atoms with Gasteiger partial charge in [0.1, 0.15) is 0 Å². The number of carbonyl (C=O) groups excluding carboxylic acids is 2. The number of hydrogen-bond donors (Lipinski definition) is 2. The van der Waals surface area contributed by atoms with E-state index in [1.54, 1.807) is 24.3 Å². The normalized spacial score (nSPS) is 15.3. The number of carbonyl (C=O) groups is 2. The zero-order chi connectivity index (χ0) is 16.7. The molecular weight excluding hydrogens is 314 g/mol. The van der Waals surface area contributed by atoms with E-state index in [9.17, 15) is 9.59 Å². The SMILES string of the molecule is CC1CCN(C(=O)NCCCC(=O)Nc2ccc(Cl)cc2)CC1. The third-order valence-electron chi connectivity index (χ3n) is 4.06. The van der Waals surface area contributed by atoms with Crippen LogP contribution in [0.5, 0.6) is 0 Å². The number of benzene rings is 1. The van der Waals surface area contributed by atoms with Crippen LogP contribution in [0.4, 0.5) is 10.5 Å². The molecule has 2 rings (SSSR count). The molecule has 126 valence electrons. The van der Waals surface area contributed by atoms with Crippen molar-refractivity contribution >= 4 is 29.2 Å². The Morgan fingerprint density at radius 1 is 1.22 bits per heavy atom. The summed E-state index contributed by atoms with van der Waals surface area (Å²) in [5, 5.41) is 6.33. The van der Waals surface area contributed by atoms with Crippen molar-refractivity contribution in [2.45, 2.75) is 32.6 Å². The minimum atomic E-state index is -0.0617. The molecule has 0 spiro atoms. The Hall–Kier alpha value is -1.75. The molecule has 2 N–H and O–H groups in total. The number of urea groups is 1. The van der Waals surface area contributed by atoms with Crippen molar-refractivity contribution in [3.63, 3.8) is 0 Å². The summed E-state index contributed by atoms with van der Waals surface area (Å²) in [6.07, 6.45) is 3.13. The van der Waals surface area contributed by atoms with Gasteiger partial charge in [-0.05, 0) is 49.4 Å². The van der Waals surface area contributed by atoms with Crippen molar-refractivity contribution in [2.24, 2.45) is 5.92 Å². The van der Waals surface area contributed by atoms with E-state index >= 15 is 0 Å². The number of anilines is 1. The van der Waals surface area contributed by atoms with Crippen molar-refractivity contribution in [2.75, 3.05) is 25.0 Å². The second-order valence-electron chi connectivity index (χ2n) is 6.06. The van der Waals surface area contributed by atoms with Crippen LogP contribution in [0.25, 0.3) is 0 Å². The zero-order valence-corrected chi connectivity index (χ0v) is 14.2. The molecule has 0 unspecified atom stereocenters. The molecule has 6 heteroatoms. The van der Waals surface area contributed by atoms with Gasteiger partial charge in [-0.25, -0.2) is 4.79 Å². The largest absolute Gasteiger partial charge is 0.338 e. The van der Waals surface area contributed by atoms with E-state index < -0.39 is 0 Å². The Bertz CT molecular complexity index is 525. The van der Waals surface area contributed by atoms with Gasteiger partial charge in [0.2, 0.25) is 5.91 Å². The summed E-state index contributed by atoms with van der Waals surface area (Å²) in [7, 11) is 0. The first-order valence-electron chi connectivity index (χ1n) is 8.13. The van der Waals surface area contributed by atoms with Crippen LogP contribution in [-0.2, 0) is 4.79 Å². The topological polar surface area (TPSA) is 61.4 Å². The van der Waals surface area contributed by atoms with Crippen LogP contribution < -0.4 is 10.6 Å². The Kier molecular flexibility index (Phi) is 6.71. The first kappa shape index (κ1) is 17.6. The highest BCUT2D eigenvalue weighted by molar-refractivity contribution is 6.30. The smallest absolute Gasteiger partial charge is 0.317 e. The van der Waals surface area contributed by atoms with Crippen LogP contribution in [0, 0.1) is 5.92 Å². The van der Waals surface area contributed by atoms with E-state index in [0.717, 1.165) is 31.6 Å². The van der Waals surface area contributed by atoms with Crippen LogP contribution in [0.2, 0.25) is 5.02 Å². The van der Waals surface area contributed by atoms with Crippen LogP contribution in [0.1, 0.15) is 32.6 Å². The highest BCUT2D eigenvalue weighted by Gasteiger charge is 2.19.